The molecule has 0 aliphatic heterocycles. The van der Waals surface area contributed by atoms with Gasteiger partial charge in [0.25, 0.3) is 10.0 Å². The number of nitrogens with zero attached hydrogens (tertiary/aromatic N) is 2. The Kier molecular flexibility index (Phi) is 7.51. The van der Waals surface area contributed by atoms with Gasteiger partial charge in [-0.2, -0.15) is 0 Å². The van der Waals surface area contributed by atoms with Gasteiger partial charge in [-0.25, -0.2) is 23.1 Å². The molecule has 0 saturated carbocycles. The standard InChI is InChI=1S/C16H21N5O3S2/c1-18-15(24-2)12(10-17)11-25-13-4-6-14(7-5-13)26(22,23)21-16-19-8-3-9-20-16/h3-10,12,15,17-18H,11H2,1-2H3,(H,19,20,21). The molecule has 0 fully saturated rings. The van der Waals surface area contributed by atoms with Crippen molar-refractivity contribution in [2.45, 2.75) is 16.0 Å². The van der Waals surface area contributed by atoms with Crippen LogP contribution in [0.4, 0.5) is 5.95 Å². The summed E-state index contributed by atoms with van der Waals surface area (Å²) in [5.41, 5.74) is 0. The van der Waals surface area contributed by atoms with Crippen molar-refractivity contribution in [3.05, 3.63) is 42.7 Å². The van der Waals surface area contributed by atoms with Crippen LogP contribution in [-0.2, 0) is 14.8 Å². The number of aromatic nitrogens is 2. The van der Waals surface area contributed by atoms with Gasteiger partial charge < -0.3 is 10.1 Å². The summed E-state index contributed by atoms with van der Waals surface area (Å²) in [4.78, 5) is 8.73. The van der Waals surface area contributed by atoms with Crippen LogP contribution < -0.4 is 10.0 Å². The fraction of sp³-hybridized carbons (Fsp3) is 0.312. The maximum atomic E-state index is 12.3. The lowest BCUT2D eigenvalue weighted by Gasteiger charge is -2.21. The van der Waals surface area contributed by atoms with Gasteiger partial charge in [-0.05, 0) is 37.4 Å². The predicted molar refractivity (Wildman–Crippen MR) is 102 cm³/mol. The first kappa shape index (κ1) is 20.3. The fourth-order valence-corrected chi connectivity index (χ4v) is 4.11. The zero-order valence-electron chi connectivity index (χ0n) is 14.4. The van der Waals surface area contributed by atoms with Crippen LogP contribution in [0.5, 0.6) is 0 Å². The minimum atomic E-state index is -3.74. The van der Waals surface area contributed by atoms with E-state index in [0.29, 0.717) is 5.75 Å². The van der Waals surface area contributed by atoms with Gasteiger partial charge in [-0.3, -0.25) is 5.32 Å². The highest BCUT2D eigenvalue weighted by molar-refractivity contribution is 7.99. The molecule has 0 radical (unpaired) electrons. The van der Waals surface area contributed by atoms with Crippen LogP contribution in [0.15, 0.2) is 52.5 Å². The van der Waals surface area contributed by atoms with E-state index in [4.69, 9.17) is 10.1 Å². The van der Waals surface area contributed by atoms with Gasteiger partial charge in [0.15, 0.2) is 0 Å². The Morgan fingerprint density at radius 2 is 1.92 bits per heavy atom. The molecule has 2 aromatic rings. The summed E-state index contributed by atoms with van der Waals surface area (Å²) in [7, 11) is -0.373. The quantitative estimate of drug-likeness (QED) is 0.319. The Morgan fingerprint density at radius 3 is 2.46 bits per heavy atom. The Morgan fingerprint density at radius 1 is 1.27 bits per heavy atom. The number of nitrogens with one attached hydrogen (secondary N) is 3. The van der Waals surface area contributed by atoms with Gasteiger partial charge >= 0.3 is 0 Å². The summed E-state index contributed by atoms with van der Waals surface area (Å²) in [6.07, 6.45) is 4.03. The van der Waals surface area contributed by atoms with Gasteiger partial charge in [-0.1, -0.05) is 0 Å². The molecule has 8 nitrogen and oxygen atoms in total. The first-order chi connectivity index (χ1) is 12.5. The minimum Gasteiger partial charge on any atom is -0.366 e. The van der Waals surface area contributed by atoms with Crippen molar-refractivity contribution in [1.82, 2.24) is 15.3 Å². The van der Waals surface area contributed by atoms with Crippen LogP contribution in [0.3, 0.4) is 0 Å². The van der Waals surface area contributed by atoms with Gasteiger partial charge in [0.05, 0.1) is 4.90 Å². The van der Waals surface area contributed by atoms with E-state index in [1.807, 2.05) is 0 Å². The van der Waals surface area contributed by atoms with E-state index in [-0.39, 0.29) is 23.0 Å². The van der Waals surface area contributed by atoms with Crippen LogP contribution in [0, 0.1) is 11.3 Å². The second-order valence-corrected chi connectivity index (χ2v) is 8.01. The average Bonchev–Trinajstić information content (AvgIpc) is 2.66. The number of rotatable bonds is 10. The second kappa shape index (κ2) is 9.62. The molecule has 1 aromatic carbocycles. The Balaban J connectivity index is 2.02. The first-order valence-corrected chi connectivity index (χ1v) is 10.2. The van der Waals surface area contributed by atoms with E-state index in [2.05, 4.69) is 20.0 Å². The van der Waals surface area contributed by atoms with Crippen LogP contribution in [0.1, 0.15) is 0 Å². The molecule has 1 aromatic heterocycles. The summed E-state index contributed by atoms with van der Waals surface area (Å²) in [6, 6.07) is 8.12. The van der Waals surface area contributed by atoms with Gasteiger partial charge in [0.2, 0.25) is 5.95 Å². The van der Waals surface area contributed by atoms with Gasteiger partial charge in [0.1, 0.15) is 6.23 Å². The van der Waals surface area contributed by atoms with Crippen molar-refractivity contribution in [3.8, 4) is 0 Å². The number of benzene rings is 1. The molecule has 2 unspecified atom stereocenters. The molecule has 0 aliphatic carbocycles. The van der Waals surface area contributed by atoms with E-state index in [0.717, 1.165) is 4.90 Å². The third kappa shape index (κ3) is 5.49. The average molecular weight is 396 g/mol. The van der Waals surface area contributed by atoms with Crippen molar-refractivity contribution in [2.24, 2.45) is 5.92 Å². The zero-order valence-corrected chi connectivity index (χ0v) is 16.0. The van der Waals surface area contributed by atoms with E-state index in [1.165, 1.54) is 42.5 Å². The summed E-state index contributed by atoms with van der Waals surface area (Å²) in [5, 5.41) is 10.5. The van der Waals surface area contributed by atoms with Gasteiger partial charge in [0, 0.05) is 42.3 Å². The second-order valence-electron chi connectivity index (χ2n) is 5.24. The van der Waals surface area contributed by atoms with E-state index < -0.39 is 10.0 Å². The molecule has 0 bridgehead atoms. The highest BCUT2D eigenvalue weighted by Gasteiger charge is 2.18. The molecule has 0 aliphatic rings. The maximum Gasteiger partial charge on any atom is 0.264 e. The van der Waals surface area contributed by atoms with Crippen molar-refractivity contribution in [3.63, 3.8) is 0 Å². The molecule has 1 heterocycles. The molecule has 2 atom stereocenters. The molecule has 26 heavy (non-hydrogen) atoms. The minimum absolute atomic E-state index is 0.0254. The zero-order chi connectivity index (χ0) is 19.0. The summed E-state index contributed by atoms with van der Waals surface area (Å²) in [6.45, 7) is 0. The van der Waals surface area contributed by atoms with Crippen LogP contribution in [0.25, 0.3) is 0 Å². The predicted octanol–water partition coefficient (Wildman–Crippen LogP) is 1.83. The van der Waals surface area contributed by atoms with E-state index >= 15 is 0 Å². The third-order valence-electron chi connectivity index (χ3n) is 3.51. The topological polar surface area (TPSA) is 117 Å². The smallest absolute Gasteiger partial charge is 0.264 e. The van der Waals surface area contributed by atoms with Gasteiger partial charge in [-0.15, -0.1) is 11.8 Å². The summed E-state index contributed by atoms with van der Waals surface area (Å²) in [5.74, 6) is 0.554. The highest BCUT2D eigenvalue weighted by atomic mass is 32.2. The molecule has 0 saturated heterocycles. The number of sulfonamides is 1. The molecule has 3 N–H and O–H groups in total. The van der Waals surface area contributed by atoms with Crippen LogP contribution >= 0.6 is 11.8 Å². The molecule has 10 heteroatoms. The molecule has 0 spiro atoms. The Bertz CT molecular complexity index is 796. The van der Waals surface area contributed by atoms with Crippen LogP contribution in [0.2, 0.25) is 0 Å². The van der Waals surface area contributed by atoms with E-state index in [9.17, 15) is 8.42 Å². The lowest BCUT2D eigenvalue weighted by Crippen LogP contribution is -2.37. The number of hydrogen-bond acceptors (Lipinski definition) is 8. The Labute approximate surface area is 157 Å². The molecular weight excluding hydrogens is 374 g/mol. The van der Waals surface area contributed by atoms with Crippen LogP contribution in [-0.4, -0.2) is 50.7 Å². The first-order valence-electron chi connectivity index (χ1n) is 7.73. The number of anilines is 1. The number of hydrogen-bond donors (Lipinski definition) is 3. The summed E-state index contributed by atoms with van der Waals surface area (Å²) < 4.78 is 32.3. The Hall–Kier alpha value is -2.01. The van der Waals surface area contributed by atoms with Crippen molar-refractivity contribution < 1.29 is 13.2 Å². The largest absolute Gasteiger partial charge is 0.366 e. The van der Waals surface area contributed by atoms with E-state index in [1.54, 1.807) is 32.4 Å². The molecular formula is C16H21N5O3S2. The number of methoxy groups -OCH3 is 1. The lowest BCUT2D eigenvalue weighted by atomic mass is 10.2. The molecule has 2 rings (SSSR count). The SMILES string of the molecule is CNC(OC)C(C=N)CSc1ccc(S(=O)(=O)Nc2ncccn2)cc1. The number of thioether (sulfide) groups is 1. The fourth-order valence-electron chi connectivity index (χ4n) is 2.17. The molecule has 140 valence electrons. The summed E-state index contributed by atoms with van der Waals surface area (Å²) >= 11 is 1.52. The number of ether oxygens (including phenoxy) is 1. The molecule has 0 amide bonds. The highest BCUT2D eigenvalue weighted by Crippen LogP contribution is 2.24. The van der Waals surface area contributed by atoms with Crippen molar-refractivity contribution in [1.29, 1.82) is 5.41 Å². The van der Waals surface area contributed by atoms with Crippen molar-refractivity contribution >= 4 is 33.9 Å². The normalized spacial score (nSPS) is 13.8. The lowest BCUT2D eigenvalue weighted by molar-refractivity contribution is 0.0610. The third-order valence-corrected chi connectivity index (χ3v) is 6.01. The van der Waals surface area contributed by atoms with Crippen molar-refractivity contribution in [2.75, 3.05) is 24.6 Å². The maximum absolute atomic E-state index is 12.3. The monoisotopic (exact) mass is 395 g/mol.